The molecule has 0 radical (unpaired) electrons. The minimum atomic E-state index is -4.42. The lowest BCUT2D eigenvalue weighted by molar-refractivity contribution is -0.137. The molecular formula is C12H10BrF3N2S. The largest absolute Gasteiger partial charge is 0.443 e. The highest BCUT2D eigenvalue weighted by Gasteiger charge is 2.35. The molecule has 2 N–H and O–H groups in total. The average molecular weight is 351 g/mol. The van der Waals surface area contributed by atoms with Gasteiger partial charge in [-0.1, -0.05) is 34.1 Å². The second-order valence-corrected chi connectivity index (χ2v) is 5.88. The normalized spacial score (nSPS) is 13.6. The van der Waals surface area contributed by atoms with E-state index in [0.29, 0.717) is 16.2 Å². The zero-order chi connectivity index (χ0) is 14.2. The molecular weight excluding hydrogens is 341 g/mol. The highest BCUT2D eigenvalue weighted by atomic mass is 79.9. The lowest BCUT2D eigenvalue weighted by Crippen LogP contribution is -2.11. The number of hydrogen-bond acceptors (Lipinski definition) is 3. The van der Waals surface area contributed by atoms with E-state index in [1.165, 1.54) is 6.20 Å². The van der Waals surface area contributed by atoms with E-state index < -0.39 is 17.2 Å². The molecule has 2 aromatic rings. The van der Waals surface area contributed by atoms with Gasteiger partial charge in [-0.25, -0.2) is 4.98 Å². The lowest BCUT2D eigenvalue weighted by Gasteiger charge is -2.13. The summed E-state index contributed by atoms with van der Waals surface area (Å²) >= 11 is 3.98. The Hall–Kier alpha value is -0.920. The predicted octanol–water partition coefficient (Wildman–Crippen LogP) is 4.28. The fraction of sp³-hybridized carbons (Fsp3) is 0.250. The zero-order valence-electron chi connectivity index (χ0n) is 9.83. The molecule has 102 valence electrons. The first-order chi connectivity index (χ1) is 8.80. The molecule has 1 unspecified atom stereocenters. The van der Waals surface area contributed by atoms with Gasteiger partial charge >= 0.3 is 6.18 Å². The second kappa shape index (κ2) is 5.22. The Morgan fingerprint density at radius 1 is 1.37 bits per heavy atom. The number of aromatic nitrogens is 1. The number of thiazole rings is 1. The van der Waals surface area contributed by atoms with Crippen molar-refractivity contribution in [3.05, 3.63) is 49.9 Å². The third-order valence-corrected chi connectivity index (χ3v) is 4.84. The molecule has 7 heteroatoms. The van der Waals surface area contributed by atoms with Crippen molar-refractivity contribution in [2.75, 3.05) is 0 Å². The van der Waals surface area contributed by atoms with Gasteiger partial charge in [0.05, 0.1) is 6.04 Å². The quantitative estimate of drug-likeness (QED) is 0.877. The third-order valence-electron chi connectivity index (χ3n) is 2.63. The molecule has 0 saturated carbocycles. The molecule has 1 heterocycles. The van der Waals surface area contributed by atoms with Crippen LogP contribution in [0.2, 0.25) is 0 Å². The van der Waals surface area contributed by atoms with E-state index in [9.17, 15) is 13.2 Å². The predicted molar refractivity (Wildman–Crippen MR) is 72.0 cm³/mol. The Labute approximate surface area is 120 Å². The summed E-state index contributed by atoms with van der Waals surface area (Å²) in [5, 5.41) is -0.873. The molecule has 2 rings (SSSR count). The molecule has 0 aliphatic rings. The van der Waals surface area contributed by atoms with Gasteiger partial charge in [0.25, 0.3) is 0 Å². The standard InChI is InChI=1S/C12H10BrF3N2S/c1-6-3-2-4-7(9(6)13)10(17)8-5-18-11(19-8)12(14,15)16/h2-5,10H,17H2,1H3. The van der Waals surface area contributed by atoms with E-state index in [2.05, 4.69) is 20.9 Å². The fourth-order valence-electron chi connectivity index (χ4n) is 1.62. The highest BCUT2D eigenvalue weighted by Crippen LogP contribution is 2.37. The van der Waals surface area contributed by atoms with Crippen LogP contribution in [0.15, 0.2) is 28.9 Å². The summed E-state index contributed by atoms with van der Waals surface area (Å²) in [6.45, 7) is 1.90. The maximum absolute atomic E-state index is 12.5. The van der Waals surface area contributed by atoms with Crippen LogP contribution in [0.4, 0.5) is 13.2 Å². The number of alkyl halides is 3. The Kier molecular flexibility index (Phi) is 3.98. The van der Waals surface area contributed by atoms with Crippen molar-refractivity contribution in [1.29, 1.82) is 0 Å². The smallest absolute Gasteiger partial charge is 0.320 e. The van der Waals surface area contributed by atoms with Crippen molar-refractivity contribution in [3.8, 4) is 0 Å². The van der Waals surface area contributed by atoms with Crippen LogP contribution in [-0.4, -0.2) is 4.98 Å². The van der Waals surface area contributed by atoms with E-state index >= 15 is 0 Å². The van der Waals surface area contributed by atoms with Crippen LogP contribution in [0.5, 0.6) is 0 Å². The van der Waals surface area contributed by atoms with Gasteiger partial charge in [-0.15, -0.1) is 11.3 Å². The van der Waals surface area contributed by atoms with Crippen LogP contribution in [0, 0.1) is 6.92 Å². The Balaban J connectivity index is 2.37. The van der Waals surface area contributed by atoms with Crippen LogP contribution in [0.3, 0.4) is 0 Å². The van der Waals surface area contributed by atoms with Gasteiger partial charge in [-0.3, -0.25) is 0 Å². The highest BCUT2D eigenvalue weighted by molar-refractivity contribution is 9.10. The van der Waals surface area contributed by atoms with Crippen molar-refractivity contribution in [2.45, 2.75) is 19.1 Å². The Bertz CT molecular complexity index is 595. The lowest BCUT2D eigenvalue weighted by atomic mass is 10.0. The minimum Gasteiger partial charge on any atom is -0.320 e. The summed E-state index contributed by atoms with van der Waals surface area (Å²) in [7, 11) is 0. The summed E-state index contributed by atoms with van der Waals surface area (Å²) in [6, 6.07) is 4.88. The van der Waals surface area contributed by atoms with E-state index in [0.717, 1.165) is 15.6 Å². The van der Waals surface area contributed by atoms with Gasteiger partial charge in [-0.2, -0.15) is 13.2 Å². The van der Waals surface area contributed by atoms with Crippen LogP contribution in [0.1, 0.15) is 27.1 Å². The summed E-state index contributed by atoms with van der Waals surface area (Å²) < 4.78 is 38.3. The Morgan fingerprint density at radius 3 is 2.63 bits per heavy atom. The molecule has 0 spiro atoms. The number of nitrogens with two attached hydrogens (primary N) is 1. The number of benzene rings is 1. The molecule has 0 bridgehead atoms. The summed E-state index contributed by atoms with van der Waals surface area (Å²) in [6.07, 6.45) is -3.24. The Morgan fingerprint density at radius 2 is 2.05 bits per heavy atom. The van der Waals surface area contributed by atoms with Gasteiger partial charge in [0.15, 0.2) is 5.01 Å². The number of aryl methyl sites for hydroxylation is 1. The van der Waals surface area contributed by atoms with Crippen LogP contribution in [-0.2, 0) is 6.18 Å². The van der Waals surface area contributed by atoms with Gasteiger partial charge in [0, 0.05) is 15.5 Å². The first-order valence-corrected chi connectivity index (χ1v) is 6.95. The van der Waals surface area contributed by atoms with E-state index in [4.69, 9.17) is 5.73 Å². The number of halogens is 4. The fourth-order valence-corrected chi connectivity index (χ4v) is 2.94. The summed E-state index contributed by atoms with van der Waals surface area (Å²) in [5.74, 6) is 0. The maximum atomic E-state index is 12.5. The molecule has 1 atom stereocenters. The van der Waals surface area contributed by atoms with Crippen LogP contribution >= 0.6 is 27.3 Å². The van der Waals surface area contributed by atoms with Crippen molar-refractivity contribution in [3.63, 3.8) is 0 Å². The summed E-state index contributed by atoms with van der Waals surface area (Å²) in [5.41, 5.74) is 7.74. The molecule has 0 fully saturated rings. The van der Waals surface area contributed by atoms with Gasteiger partial charge in [-0.05, 0) is 18.1 Å². The number of hydrogen-bond donors (Lipinski definition) is 1. The third kappa shape index (κ3) is 2.98. The number of rotatable bonds is 2. The molecule has 1 aromatic heterocycles. The summed E-state index contributed by atoms with van der Waals surface area (Å²) in [4.78, 5) is 3.77. The van der Waals surface area contributed by atoms with Crippen molar-refractivity contribution in [1.82, 2.24) is 4.98 Å². The monoisotopic (exact) mass is 350 g/mol. The van der Waals surface area contributed by atoms with E-state index in [1.807, 2.05) is 19.1 Å². The molecule has 0 aliphatic carbocycles. The van der Waals surface area contributed by atoms with Gasteiger partial charge < -0.3 is 5.73 Å². The zero-order valence-corrected chi connectivity index (χ0v) is 12.2. The second-order valence-electron chi connectivity index (χ2n) is 4.02. The van der Waals surface area contributed by atoms with Crippen molar-refractivity contribution >= 4 is 27.3 Å². The van der Waals surface area contributed by atoms with Crippen LogP contribution < -0.4 is 5.73 Å². The topological polar surface area (TPSA) is 38.9 Å². The molecule has 0 saturated heterocycles. The minimum absolute atomic E-state index is 0.388. The number of nitrogens with zero attached hydrogens (tertiary/aromatic N) is 1. The van der Waals surface area contributed by atoms with E-state index in [-0.39, 0.29) is 0 Å². The molecule has 2 nitrogen and oxygen atoms in total. The molecule has 1 aromatic carbocycles. The first kappa shape index (κ1) is 14.5. The van der Waals surface area contributed by atoms with Gasteiger partial charge in [0.1, 0.15) is 0 Å². The maximum Gasteiger partial charge on any atom is 0.443 e. The van der Waals surface area contributed by atoms with Gasteiger partial charge in [0.2, 0.25) is 0 Å². The van der Waals surface area contributed by atoms with E-state index in [1.54, 1.807) is 6.07 Å². The van der Waals surface area contributed by atoms with Crippen molar-refractivity contribution in [2.24, 2.45) is 5.73 Å². The van der Waals surface area contributed by atoms with Crippen LogP contribution in [0.25, 0.3) is 0 Å². The first-order valence-electron chi connectivity index (χ1n) is 5.34. The molecule has 0 aliphatic heterocycles. The molecule has 0 amide bonds. The van der Waals surface area contributed by atoms with Crippen molar-refractivity contribution < 1.29 is 13.2 Å². The SMILES string of the molecule is Cc1cccc(C(N)c2cnc(C(F)(F)F)s2)c1Br. The average Bonchev–Trinajstić information content (AvgIpc) is 2.81. The molecule has 19 heavy (non-hydrogen) atoms.